The van der Waals surface area contributed by atoms with Gasteiger partial charge in [-0.15, -0.1) is 0 Å². The van der Waals surface area contributed by atoms with Crippen molar-refractivity contribution in [2.75, 3.05) is 0 Å². The van der Waals surface area contributed by atoms with Crippen molar-refractivity contribution in [3.8, 4) is 0 Å². The van der Waals surface area contributed by atoms with E-state index in [1.54, 1.807) is 13.0 Å². The minimum absolute atomic E-state index is 0.0639. The molecule has 0 fully saturated rings. The van der Waals surface area contributed by atoms with Gasteiger partial charge in [0.2, 0.25) is 0 Å². The molecule has 0 bridgehead atoms. The summed E-state index contributed by atoms with van der Waals surface area (Å²) in [5, 5.41) is 9.84. The van der Waals surface area contributed by atoms with Gasteiger partial charge in [0.05, 0.1) is 9.40 Å². The molecule has 1 aromatic rings. The maximum Gasteiger partial charge on any atom is 0.295 e. The lowest BCUT2D eigenvalue weighted by molar-refractivity contribution is -0.385. The van der Waals surface area contributed by atoms with Crippen LogP contribution in [0.4, 0.5) is 5.69 Å². The third-order valence-corrected chi connectivity index (χ3v) is 2.55. The Kier molecular flexibility index (Phi) is 3.23. The molecular weight excluding hydrogens is 273 g/mol. The Hall–Kier alpha value is -0.940. The van der Waals surface area contributed by atoms with Crippen molar-refractivity contribution in [1.82, 2.24) is 0 Å². The van der Waals surface area contributed by atoms with Gasteiger partial charge in [-0.05, 0) is 46.1 Å². The predicted octanol–water partition coefficient (Wildman–Crippen LogP) is 3.04. The molecule has 0 radical (unpaired) electrons. The summed E-state index contributed by atoms with van der Waals surface area (Å²) < 4.78 is 0.247. The van der Waals surface area contributed by atoms with E-state index < -0.39 is 10.2 Å². The second-order valence-electron chi connectivity index (χ2n) is 2.62. The molecule has 0 amide bonds. The minimum atomic E-state index is -0.824. The fraction of sp³-hybridized carbons (Fsp3) is 0.125. The van der Waals surface area contributed by atoms with E-state index in [4.69, 9.17) is 11.6 Å². The smallest absolute Gasteiger partial charge is 0.275 e. The summed E-state index contributed by atoms with van der Waals surface area (Å²) in [4.78, 5) is 21.0. The lowest BCUT2D eigenvalue weighted by Crippen LogP contribution is -2.02. The zero-order valence-corrected chi connectivity index (χ0v) is 9.42. The number of hydrogen-bond donors (Lipinski definition) is 0. The van der Waals surface area contributed by atoms with Gasteiger partial charge in [-0.2, -0.15) is 0 Å². The number of carbonyl (C=O) groups is 1. The van der Waals surface area contributed by atoms with Crippen LogP contribution in [-0.2, 0) is 0 Å². The maximum absolute atomic E-state index is 11.0. The average molecular weight is 278 g/mol. The van der Waals surface area contributed by atoms with Crippen molar-refractivity contribution < 1.29 is 9.72 Å². The van der Waals surface area contributed by atoms with Gasteiger partial charge >= 0.3 is 0 Å². The van der Waals surface area contributed by atoms with Crippen LogP contribution >= 0.6 is 27.5 Å². The van der Waals surface area contributed by atoms with Crippen LogP contribution in [0.2, 0.25) is 0 Å². The van der Waals surface area contributed by atoms with E-state index in [0.29, 0.717) is 5.56 Å². The fourth-order valence-electron chi connectivity index (χ4n) is 1.09. The highest BCUT2D eigenvalue weighted by molar-refractivity contribution is 9.10. The second kappa shape index (κ2) is 4.06. The Bertz CT molecular complexity index is 380. The van der Waals surface area contributed by atoms with Crippen LogP contribution in [0, 0.1) is 17.0 Å². The van der Waals surface area contributed by atoms with Gasteiger partial charge in [-0.1, -0.05) is 6.07 Å². The summed E-state index contributed by atoms with van der Waals surface area (Å²) in [6, 6.07) is 3.10. The third kappa shape index (κ3) is 1.93. The number of halogens is 2. The number of nitro benzene ring substituents is 1. The van der Waals surface area contributed by atoms with Crippen LogP contribution in [0.25, 0.3) is 0 Å². The molecule has 0 aliphatic carbocycles. The Labute approximate surface area is 93.1 Å². The van der Waals surface area contributed by atoms with Crippen molar-refractivity contribution in [1.29, 1.82) is 0 Å². The van der Waals surface area contributed by atoms with Crippen molar-refractivity contribution >= 4 is 38.5 Å². The Morgan fingerprint density at radius 2 is 2.14 bits per heavy atom. The largest absolute Gasteiger partial charge is 0.295 e. The molecule has 0 unspecified atom stereocenters. The van der Waals surface area contributed by atoms with Gasteiger partial charge in [0, 0.05) is 0 Å². The summed E-state index contributed by atoms with van der Waals surface area (Å²) in [6.07, 6.45) is 0. The number of hydrogen-bond acceptors (Lipinski definition) is 3. The van der Waals surface area contributed by atoms with Crippen molar-refractivity contribution in [2.45, 2.75) is 6.92 Å². The van der Waals surface area contributed by atoms with Crippen LogP contribution in [0.5, 0.6) is 0 Å². The molecule has 1 rings (SSSR count). The highest BCUT2D eigenvalue weighted by Gasteiger charge is 2.24. The molecule has 0 saturated heterocycles. The molecule has 6 heteroatoms. The number of benzene rings is 1. The lowest BCUT2D eigenvalue weighted by Gasteiger charge is -2.03. The first kappa shape index (κ1) is 11.1. The first-order chi connectivity index (χ1) is 6.45. The van der Waals surface area contributed by atoms with Gasteiger partial charge in [0.1, 0.15) is 5.56 Å². The zero-order valence-electron chi connectivity index (χ0n) is 7.08. The van der Waals surface area contributed by atoms with E-state index in [9.17, 15) is 14.9 Å². The van der Waals surface area contributed by atoms with E-state index in [2.05, 4.69) is 15.9 Å². The van der Waals surface area contributed by atoms with Gasteiger partial charge < -0.3 is 0 Å². The SMILES string of the molecule is Cc1ccc(Br)c([N+](=O)[O-])c1C(=O)Cl. The van der Waals surface area contributed by atoms with Gasteiger partial charge in [0.25, 0.3) is 10.9 Å². The van der Waals surface area contributed by atoms with E-state index in [1.165, 1.54) is 6.07 Å². The topological polar surface area (TPSA) is 60.2 Å². The van der Waals surface area contributed by atoms with E-state index in [1.807, 2.05) is 0 Å². The van der Waals surface area contributed by atoms with E-state index in [0.717, 1.165) is 0 Å². The number of rotatable bonds is 2. The second-order valence-corrected chi connectivity index (χ2v) is 3.82. The predicted molar refractivity (Wildman–Crippen MR) is 55.7 cm³/mol. The molecule has 74 valence electrons. The van der Waals surface area contributed by atoms with Gasteiger partial charge in [0.15, 0.2) is 0 Å². The Morgan fingerprint density at radius 1 is 1.57 bits per heavy atom. The maximum atomic E-state index is 11.0. The Morgan fingerprint density at radius 3 is 2.50 bits per heavy atom. The van der Waals surface area contributed by atoms with Gasteiger partial charge in [-0.3, -0.25) is 14.9 Å². The molecule has 0 aliphatic rings. The number of nitrogens with zero attached hydrogens (tertiary/aromatic N) is 1. The summed E-state index contributed by atoms with van der Waals surface area (Å²) in [5.41, 5.74) is 0.135. The Balaban J connectivity index is 3.58. The van der Waals surface area contributed by atoms with Gasteiger partial charge in [-0.25, -0.2) is 0 Å². The van der Waals surface area contributed by atoms with Crippen LogP contribution in [0.3, 0.4) is 0 Å². The normalized spacial score (nSPS) is 9.93. The first-order valence-corrected chi connectivity index (χ1v) is 4.75. The van der Waals surface area contributed by atoms with Crippen molar-refractivity contribution in [3.63, 3.8) is 0 Å². The number of carbonyl (C=O) groups excluding carboxylic acids is 1. The average Bonchev–Trinajstić information content (AvgIpc) is 2.07. The molecule has 0 aromatic heterocycles. The standard InChI is InChI=1S/C8H5BrClNO3/c1-4-2-3-5(9)7(11(13)14)6(4)8(10)12/h2-3H,1H3. The monoisotopic (exact) mass is 277 g/mol. The summed E-state index contributed by atoms with van der Waals surface area (Å²) in [5.74, 6) is 0. The molecule has 0 aliphatic heterocycles. The quantitative estimate of drug-likeness (QED) is 0.474. The summed E-state index contributed by atoms with van der Waals surface area (Å²) in [7, 11) is 0. The summed E-state index contributed by atoms with van der Waals surface area (Å²) >= 11 is 8.26. The van der Waals surface area contributed by atoms with Crippen molar-refractivity contribution in [3.05, 3.63) is 37.8 Å². The highest BCUT2D eigenvalue weighted by Crippen LogP contribution is 2.31. The molecule has 0 spiro atoms. The molecule has 1 aromatic carbocycles. The van der Waals surface area contributed by atoms with Crippen LogP contribution in [0.15, 0.2) is 16.6 Å². The molecule has 0 heterocycles. The first-order valence-electron chi connectivity index (χ1n) is 3.58. The van der Waals surface area contributed by atoms with E-state index in [-0.39, 0.29) is 15.7 Å². The van der Waals surface area contributed by atoms with Crippen LogP contribution in [-0.4, -0.2) is 10.2 Å². The fourth-order valence-corrected chi connectivity index (χ4v) is 1.81. The molecule has 0 atom stereocenters. The zero-order chi connectivity index (χ0) is 10.9. The van der Waals surface area contributed by atoms with Crippen LogP contribution in [0.1, 0.15) is 15.9 Å². The minimum Gasteiger partial charge on any atom is -0.275 e. The molecular formula is C8H5BrClNO3. The molecule has 0 saturated carbocycles. The highest BCUT2D eigenvalue weighted by atomic mass is 79.9. The third-order valence-electron chi connectivity index (χ3n) is 1.72. The number of nitro groups is 1. The van der Waals surface area contributed by atoms with E-state index >= 15 is 0 Å². The summed E-state index contributed by atoms with van der Waals surface area (Å²) in [6.45, 7) is 1.59. The molecule has 0 N–H and O–H groups in total. The lowest BCUT2D eigenvalue weighted by atomic mass is 10.1. The van der Waals surface area contributed by atoms with Crippen LogP contribution < -0.4 is 0 Å². The molecule has 14 heavy (non-hydrogen) atoms. The van der Waals surface area contributed by atoms with Crippen molar-refractivity contribution in [2.24, 2.45) is 0 Å². The molecule has 4 nitrogen and oxygen atoms in total. The number of aryl methyl sites for hydroxylation is 1.